The van der Waals surface area contributed by atoms with Crippen LogP contribution in [-0.4, -0.2) is 38.1 Å². The number of aromatic nitrogens is 2. The van der Waals surface area contributed by atoms with Crippen LogP contribution in [0.2, 0.25) is 0 Å². The lowest BCUT2D eigenvalue weighted by molar-refractivity contribution is -0.157. The van der Waals surface area contributed by atoms with Crippen molar-refractivity contribution in [3.8, 4) is 0 Å². The molecule has 110 valence electrons. The van der Waals surface area contributed by atoms with Crippen molar-refractivity contribution in [1.29, 1.82) is 0 Å². The number of piperazine rings is 1. The Morgan fingerprint density at radius 1 is 1.40 bits per heavy atom. The lowest BCUT2D eigenvalue weighted by atomic mass is 9.89. The zero-order chi connectivity index (χ0) is 14.9. The van der Waals surface area contributed by atoms with Crippen LogP contribution in [0.25, 0.3) is 0 Å². The second-order valence-corrected chi connectivity index (χ2v) is 5.51. The van der Waals surface area contributed by atoms with E-state index in [4.69, 9.17) is 0 Å². The van der Waals surface area contributed by atoms with Gasteiger partial charge in [-0.25, -0.2) is 0 Å². The fourth-order valence-electron chi connectivity index (χ4n) is 2.55. The molecule has 0 spiro atoms. The third-order valence-corrected chi connectivity index (χ3v) is 4.15. The number of nitrogens with one attached hydrogen (secondary N) is 1. The van der Waals surface area contributed by atoms with Crippen LogP contribution in [0.1, 0.15) is 39.2 Å². The molecule has 0 aliphatic carbocycles. The number of hydrogen-bond donors (Lipinski definition) is 1. The molecule has 0 saturated carbocycles. The summed E-state index contributed by atoms with van der Waals surface area (Å²) < 4.78 is 1.70. The third kappa shape index (κ3) is 2.30. The van der Waals surface area contributed by atoms with Crippen molar-refractivity contribution in [1.82, 2.24) is 20.0 Å². The van der Waals surface area contributed by atoms with Gasteiger partial charge in [-0.2, -0.15) is 5.10 Å². The molecule has 0 radical (unpaired) electrons. The van der Waals surface area contributed by atoms with Gasteiger partial charge in [-0.05, 0) is 19.8 Å². The van der Waals surface area contributed by atoms with Gasteiger partial charge < -0.3 is 10.2 Å². The first-order chi connectivity index (χ1) is 9.42. The largest absolute Gasteiger partial charge is 0.342 e. The third-order valence-electron chi connectivity index (χ3n) is 4.15. The second-order valence-electron chi connectivity index (χ2n) is 5.51. The van der Waals surface area contributed by atoms with Crippen molar-refractivity contribution in [2.24, 2.45) is 7.05 Å². The Morgan fingerprint density at radius 2 is 2.10 bits per heavy atom. The zero-order valence-corrected chi connectivity index (χ0v) is 12.5. The van der Waals surface area contributed by atoms with Gasteiger partial charge >= 0.3 is 0 Å². The number of nitrogens with zero attached hydrogens (tertiary/aromatic N) is 3. The molecule has 1 N–H and O–H groups in total. The molecule has 1 fully saturated rings. The summed E-state index contributed by atoms with van der Waals surface area (Å²) in [6, 6.07) is -0.418. The fraction of sp³-hybridized carbons (Fsp3) is 0.643. The van der Waals surface area contributed by atoms with E-state index in [0.29, 0.717) is 19.4 Å². The molecule has 2 heterocycles. The van der Waals surface area contributed by atoms with Gasteiger partial charge in [0, 0.05) is 25.4 Å². The maximum atomic E-state index is 12.6. The summed E-state index contributed by atoms with van der Waals surface area (Å²) in [7, 11) is 1.84. The van der Waals surface area contributed by atoms with Crippen LogP contribution < -0.4 is 5.32 Å². The lowest BCUT2D eigenvalue weighted by Crippen LogP contribution is -2.68. The molecule has 1 aromatic rings. The molecule has 0 bridgehead atoms. The van der Waals surface area contributed by atoms with Gasteiger partial charge in [0.1, 0.15) is 11.6 Å². The normalized spacial score (nSPS) is 26.8. The molecule has 1 aromatic heterocycles. The first-order valence-corrected chi connectivity index (χ1v) is 7.02. The van der Waals surface area contributed by atoms with Crippen molar-refractivity contribution in [2.45, 2.75) is 51.7 Å². The summed E-state index contributed by atoms with van der Waals surface area (Å²) in [4.78, 5) is 26.6. The second kappa shape index (κ2) is 5.26. The summed E-state index contributed by atoms with van der Waals surface area (Å²) in [5.41, 5.74) is 0.142. The number of carbonyl (C=O) groups is 2. The lowest BCUT2D eigenvalue weighted by Gasteiger charge is -2.45. The predicted octanol–water partition coefficient (Wildman–Crippen LogP) is 0.826. The van der Waals surface area contributed by atoms with Crippen LogP contribution >= 0.6 is 0 Å². The van der Waals surface area contributed by atoms with Crippen molar-refractivity contribution < 1.29 is 9.59 Å². The van der Waals surface area contributed by atoms with Gasteiger partial charge in [-0.15, -0.1) is 0 Å². The van der Waals surface area contributed by atoms with Gasteiger partial charge in [0.25, 0.3) is 0 Å². The average molecular weight is 278 g/mol. The maximum Gasteiger partial charge on any atom is 0.246 e. The quantitative estimate of drug-likeness (QED) is 0.887. The van der Waals surface area contributed by atoms with Crippen LogP contribution in [0, 0.1) is 0 Å². The van der Waals surface area contributed by atoms with Crippen molar-refractivity contribution in [3.05, 3.63) is 18.0 Å². The number of hydrogen-bond acceptors (Lipinski definition) is 3. The van der Waals surface area contributed by atoms with Gasteiger partial charge in [-0.3, -0.25) is 14.3 Å². The Hall–Kier alpha value is -1.85. The molecule has 6 heteroatoms. The average Bonchev–Trinajstić information content (AvgIpc) is 2.84. The van der Waals surface area contributed by atoms with Crippen LogP contribution in [-0.2, 0) is 23.2 Å². The Morgan fingerprint density at radius 3 is 2.60 bits per heavy atom. The topological polar surface area (TPSA) is 67.2 Å². The van der Waals surface area contributed by atoms with Gasteiger partial charge in [-0.1, -0.05) is 13.8 Å². The van der Waals surface area contributed by atoms with Crippen LogP contribution in [0.3, 0.4) is 0 Å². The van der Waals surface area contributed by atoms with Gasteiger partial charge in [0.15, 0.2) is 0 Å². The van der Waals surface area contributed by atoms with E-state index < -0.39 is 11.6 Å². The summed E-state index contributed by atoms with van der Waals surface area (Å²) in [5.74, 6) is -0.0874. The molecular weight excluding hydrogens is 256 g/mol. The first kappa shape index (κ1) is 14.6. The van der Waals surface area contributed by atoms with E-state index in [-0.39, 0.29) is 11.8 Å². The van der Waals surface area contributed by atoms with E-state index in [9.17, 15) is 9.59 Å². The van der Waals surface area contributed by atoms with Gasteiger partial charge in [0.2, 0.25) is 11.8 Å². The highest BCUT2D eigenvalue weighted by atomic mass is 16.2. The minimum absolute atomic E-state index is 0.0136. The summed E-state index contributed by atoms with van der Waals surface area (Å²) >= 11 is 0. The maximum absolute atomic E-state index is 12.6. The minimum atomic E-state index is -0.793. The molecular formula is C14H22N4O2. The monoisotopic (exact) mass is 278 g/mol. The SMILES string of the molecule is CCC1NC(=O)C(C)(CC)N(Cc2cnn(C)c2)C1=O. The molecule has 2 rings (SSSR count). The molecule has 2 unspecified atom stereocenters. The van der Waals surface area contributed by atoms with E-state index in [1.54, 1.807) is 15.8 Å². The van der Waals surface area contributed by atoms with Crippen molar-refractivity contribution in [2.75, 3.05) is 0 Å². The molecule has 2 atom stereocenters. The Labute approximate surface area is 119 Å². The summed E-state index contributed by atoms with van der Waals surface area (Å²) in [5, 5.41) is 6.94. The smallest absolute Gasteiger partial charge is 0.246 e. The molecule has 20 heavy (non-hydrogen) atoms. The molecule has 2 amide bonds. The zero-order valence-electron chi connectivity index (χ0n) is 12.5. The molecule has 1 aliphatic rings. The van der Waals surface area contributed by atoms with E-state index in [1.807, 2.05) is 34.0 Å². The number of rotatable bonds is 4. The Kier molecular flexibility index (Phi) is 3.83. The Balaban J connectivity index is 2.32. The van der Waals surface area contributed by atoms with Crippen LogP contribution in [0.15, 0.2) is 12.4 Å². The highest BCUT2D eigenvalue weighted by molar-refractivity contribution is 5.99. The first-order valence-electron chi connectivity index (χ1n) is 7.02. The summed E-state index contributed by atoms with van der Waals surface area (Å²) in [6.07, 6.45) is 4.79. The van der Waals surface area contributed by atoms with Crippen LogP contribution in [0.5, 0.6) is 0 Å². The number of amides is 2. The number of aryl methyl sites for hydroxylation is 1. The molecule has 6 nitrogen and oxygen atoms in total. The Bertz CT molecular complexity index is 525. The predicted molar refractivity (Wildman–Crippen MR) is 74.7 cm³/mol. The van der Waals surface area contributed by atoms with E-state index in [0.717, 1.165) is 5.56 Å². The fourth-order valence-corrected chi connectivity index (χ4v) is 2.55. The molecule has 1 aliphatic heterocycles. The summed E-state index contributed by atoms with van der Waals surface area (Å²) in [6.45, 7) is 6.07. The molecule has 1 saturated heterocycles. The molecule has 0 aromatic carbocycles. The minimum Gasteiger partial charge on any atom is -0.342 e. The van der Waals surface area contributed by atoms with Gasteiger partial charge in [0.05, 0.1) is 6.20 Å². The van der Waals surface area contributed by atoms with E-state index in [2.05, 4.69) is 10.4 Å². The van der Waals surface area contributed by atoms with Crippen LogP contribution in [0.4, 0.5) is 0 Å². The van der Waals surface area contributed by atoms with E-state index in [1.165, 1.54) is 0 Å². The highest BCUT2D eigenvalue weighted by Crippen LogP contribution is 2.27. The standard InChI is InChI=1S/C14H22N4O2/c1-5-11-12(19)18(9-10-7-15-17(4)8-10)14(3,6-2)13(20)16-11/h7-8,11H,5-6,9H2,1-4H3,(H,16,20). The van der Waals surface area contributed by atoms with Crippen molar-refractivity contribution in [3.63, 3.8) is 0 Å². The number of carbonyl (C=O) groups excluding carboxylic acids is 2. The van der Waals surface area contributed by atoms with E-state index >= 15 is 0 Å². The van der Waals surface area contributed by atoms with Crippen molar-refractivity contribution >= 4 is 11.8 Å². The highest BCUT2D eigenvalue weighted by Gasteiger charge is 2.47.